The van der Waals surface area contributed by atoms with Crippen LogP contribution in [-0.4, -0.2) is 17.5 Å². The van der Waals surface area contributed by atoms with Crippen molar-refractivity contribution >= 4 is 22.7 Å². The number of fused-ring (bicyclic) bond motifs is 1. The molecule has 0 aliphatic rings. The minimum absolute atomic E-state index is 0.307. The van der Waals surface area contributed by atoms with Gasteiger partial charge in [0.2, 0.25) is 5.89 Å². The first kappa shape index (κ1) is 18.3. The average Bonchev–Trinajstić information content (AvgIpc) is 3.14. The first-order valence-corrected chi connectivity index (χ1v) is 9.38. The number of hydrogen-bond donors (Lipinski definition) is 0. The Kier molecular flexibility index (Phi) is 5.44. The number of oxazole rings is 1. The molecule has 0 bridgehead atoms. The van der Waals surface area contributed by atoms with Crippen molar-refractivity contribution in [3.63, 3.8) is 0 Å². The van der Waals surface area contributed by atoms with Gasteiger partial charge in [-0.25, -0.2) is 9.37 Å². The molecular formula is C22H17ClFNO3. The normalized spacial score (nSPS) is 10.9. The molecule has 6 heteroatoms. The number of rotatable bonds is 7. The van der Waals surface area contributed by atoms with Gasteiger partial charge >= 0.3 is 0 Å². The van der Waals surface area contributed by atoms with E-state index in [0.717, 1.165) is 23.3 Å². The van der Waals surface area contributed by atoms with Gasteiger partial charge in [-0.15, -0.1) is 11.6 Å². The Morgan fingerprint density at radius 1 is 0.893 bits per heavy atom. The second-order valence-corrected chi connectivity index (χ2v) is 6.50. The van der Waals surface area contributed by atoms with E-state index >= 15 is 0 Å². The minimum atomic E-state index is -0.307. The van der Waals surface area contributed by atoms with Crippen molar-refractivity contribution in [2.45, 2.75) is 6.42 Å². The van der Waals surface area contributed by atoms with Gasteiger partial charge in [0.05, 0.1) is 6.61 Å². The Morgan fingerprint density at radius 3 is 2.36 bits per heavy atom. The third-order valence-electron chi connectivity index (χ3n) is 4.06. The third-order valence-corrected chi connectivity index (χ3v) is 4.32. The molecule has 1 heterocycles. The van der Waals surface area contributed by atoms with Crippen molar-refractivity contribution < 1.29 is 18.3 Å². The highest BCUT2D eigenvalue weighted by Gasteiger charge is 2.10. The maximum atomic E-state index is 13.0. The van der Waals surface area contributed by atoms with Crippen LogP contribution in [0.4, 0.5) is 4.39 Å². The topological polar surface area (TPSA) is 44.5 Å². The lowest BCUT2D eigenvalue weighted by molar-refractivity contribution is 0.318. The smallest absolute Gasteiger partial charge is 0.227 e. The molecule has 28 heavy (non-hydrogen) atoms. The zero-order valence-corrected chi connectivity index (χ0v) is 15.7. The van der Waals surface area contributed by atoms with Gasteiger partial charge in [-0.3, -0.25) is 0 Å². The van der Waals surface area contributed by atoms with Crippen molar-refractivity contribution in [1.82, 2.24) is 4.98 Å². The van der Waals surface area contributed by atoms with Crippen LogP contribution in [0.5, 0.6) is 17.2 Å². The summed E-state index contributed by atoms with van der Waals surface area (Å²) in [7, 11) is 0. The van der Waals surface area contributed by atoms with Gasteiger partial charge in [0.15, 0.2) is 5.58 Å². The largest absolute Gasteiger partial charge is 0.494 e. The van der Waals surface area contributed by atoms with Gasteiger partial charge < -0.3 is 13.9 Å². The lowest BCUT2D eigenvalue weighted by Crippen LogP contribution is -1.97. The Morgan fingerprint density at radius 2 is 1.61 bits per heavy atom. The molecule has 0 amide bonds. The third kappa shape index (κ3) is 4.26. The van der Waals surface area contributed by atoms with Gasteiger partial charge in [-0.05, 0) is 67.1 Å². The van der Waals surface area contributed by atoms with Crippen molar-refractivity contribution in [3.8, 4) is 28.7 Å². The molecule has 0 aliphatic heterocycles. The van der Waals surface area contributed by atoms with Crippen LogP contribution in [0.3, 0.4) is 0 Å². The van der Waals surface area contributed by atoms with Crippen LogP contribution >= 0.6 is 11.6 Å². The fourth-order valence-corrected chi connectivity index (χ4v) is 2.78. The first-order chi connectivity index (χ1) is 13.7. The van der Waals surface area contributed by atoms with Crippen LogP contribution in [0.2, 0.25) is 0 Å². The highest BCUT2D eigenvalue weighted by molar-refractivity contribution is 6.17. The van der Waals surface area contributed by atoms with Crippen LogP contribution in [0, 0.1) is 5.82 Å². The Bertz CT molecular complexity index is 1060. The van der Waals surface area contributed by atoms with E-state index in [4.69, 9.17) is 25.5 Å². The number of ether oxygens (including phenoxy) is 2. The number of hydrogen-bond acceptors (Lipinski definition) is 4. The molecule has 1 aromatic heterocycles. The van der Waals surface area contributed by atoms with Crippen molar-refractivity contribution in [2.24, 2.45) is 0 Å². The molecule has 0 radical (unpaired) electrons. The highest BCUT2D eigenvalue weighted by Crippen LogP contribution is 2.30. The molecule has 4 rings (SSSR count). The lowest BCUT2D eigenvalue weighted by atomic mass is 10.2. The van der Waals surface area contributed by atoms with Crippen LogP contribution in [0.15, 0.2) is 71.1 Å². The van der Waals surface area contributed by atoms with Crippen LogP contribution in [0.25, 0.3) is 22.6 Å². The van der Waals surface area contributed by atoms with E-state index in [9.17, 15) is 4.39 Å². The molecule has 0 saturated heterocycles. The maximum absolute atomic E-state index is 13.0. The SMILES string of the molecule is Fc1ccc(Oc2ccc3nc(-c4ccc(OCCCCl)cc4)oc3c2)cc1. The minimum Gasteiger partial charge on any atom is -0.494 e. The highest BCUT2D eigenvalue weighted by atomic mass is 35.5. The molecule has 4 nitrogen and oxygen atoms in total. The molecular weight excluding hydrogens is 381 g/mol. The van der Waals surface area contributed by atoms with Crippen LogP contribution in [-0.2, 0) is 0 Å². The van der Waals surface area contributed by atoms with Gasteiger partial charge in [0.1, 0.15) is 28.6 Å². The van der Waals surface area contributed by atoms with E-state index < -0.39 is 0 Å². The number of benzene rings is 3. The standard InChI is InChI=1S/C22H17ClFNO3/c23-12-1-13-26-17-6-2-15(3-7-17)22-25-20-11-10-19(14-21(20)28-22)27-18-8-4-16(24)5-9-18/h2-11,14H,1,12-13H2. The van der Waals surface area contributed by atoms with E-state index in [-0.39, 0.29) is 5.82 Å². The number of alkyl halides is 1. The summed E-state index contributed by atoms with van der Waals surface area (Å²) >= 11 is 5.65. The van der Waals surface area contributed by atoms with E-state index in [1.54, 1.807) is 24.3 Å². The Hall–Kier alpha value is -3.05. The molecule has 0 N–H and O–H groups in total. The summed E-state index contributed by atoms with van der Waals surface area (Å²) in [6.07, 6.45) is 0.802. The van der Waals surface area contributed by atoms with Crippen LogP contribution in [0.1, 0.15) is 6.42 Å². The summed E-state index contributed by atoms with van der Waals surface area (Å²) in [6.45, 7) is 0.586. The van der Waals surface area contributed by atoms with Crippen LogP contribution < -0.4 is 9.47 Å². The molecule has 3 aromatic carbocycles. The van der Waals surface area contributed by atoms with Crippen molar-refractivity contribution in [2.75, 3.05) is 12.5 Å². The fraction of sp³-hybridized carbons (Fsp3) is 0.136. The van der Waals surface area contributed by atoms with E-state index in [2.05, 4.69) is 4.98 Å². The molecule has 0 spiro atoms. The van der Waals surface area contributed by atoms with Crippen molar-refractivity contribution in [1.29, 1.82) is 0 Å². The maximum Gasteiger partial charge on any atom is 0.227 e. The van der Waals surface area contributed by atoms with Gasteiger partial charge in [-0.1, -0.05) is 0 Å². The fourth-order valence-electron chi connectivity index (χ4n) is 2.67. The summed E-state index contributed by atoms with van der Waals surface area (Å²) < 4.78 is 30.2. The lowest BCUT2D eigenvalue weighted by Gasteiger charge is -2.05. The quantitative estimate of drug-likeness (QED) is 0.266. The van der Waals surface area contributed by atoms with E-state index in [0.29, 0.717) is 35.5 Å². The number of aromatic nitrogens is 1. The second-order valence-electron chi connectivity index (χ2n) is 6.12. The number of halogens is 2. The Labute approximate surface area is 166 Å². The molecule has 0 atom stereocenters. The summed E-state index contributed by atoms with van der Waals surface area (Å²) in [6, 6.07) is 18.8. The average molecular weight is 398 g/mol. The van der Waals surface area contributed by atoms with Gasteiger partial charge in [0.25, 0.3) is 0 Å². The summed E-state index contributed by atoms with van der Waals surface area (Å²) in [4.78, 5) is 4.52. The molecule has 0 aliphatic carbocycles. The summed E-state index contributed by atoms with van der Waals surface area (Å²) in [5.41, 5.74) is 2.18. The molecule has 0 unspecified atom stereocenters. The van der Waals surface area contributed by atoms with Crippen molar-refractivity contribution in [3.05, 3.63) is 72.5 Å². The molecule has 0 fully saturated rings. The van der Waals surface area contributed by atoms with E-state index in [1.807, 2.05) is 30.3 Å². The van der Waals surface area contributed by atoms with Gasteiger partial charge in [0, 0.05) is 17.5 Å². The first-order valence-electron chi connectivity index (χ1n) is 8.84. The van der Waals surface area contributed by atoms with E-state index in [1.165, 1.54) is 12.1 Å². The molecule has 142 valence electrons. The second kappa shape index (κ2) is 8.31. The predicted molar refractivity (Wildman–Crippen MR) is 107 cm³/mol. The molecule has 4 aromatic rings. The monoisotopic (exact) mass is 397 g/mol. The summed E-state index contributed by atoms with van der Waals surface area (Å²) in [5.74, 6) is 2.70. The predicted octanol–water partition coefficient (Wildman–Crippen LogP) is 6.43. The molecule has 0 saturated carbocycles. The number of nitrogens with zero attached hydrogens (tertiary/aromatic N) is 1. The van der Waals surface area contributed by atoms with Gasteiger partial charge in [-0.2, -0.15) is 0 Å². The Balaban J connectivity index is 1.52. The zero-order chi connectivity index (χ0) is 19.3. The zero-order valence-electron chi connectivity index (χ0n) is 14.9. The summed E-state index contributed by atoms with van der Waals surface area (Å²) in [5, 5.41) is 0.